The third-order valence-corrected chi connectivity index (χ3v) is 4.23. The second kappa shape index (κ2) is 9.11. The molecular formula is C17H26ClN3O2. The number of nitrogens with one attached hydrogen (secondary N) is 2. The van der Waals surface area contributed by atoms with Crippen molar-refractivity contribution in [2.24, 2.45) is 5.92 Å². The molecule has 6 heteroatoms. The number of rotatable bonds is 7. The van der Waals surface area contributed by atoms with E-state index in [1.54, 1.807) is 0 Å². The van der Waals surface area contributed by atoms with E-state index in [-0.39, 0.29) is 18.3 Å². The van der Waals surface area contributed by atoms with Crippen LogP contribution in [0, 0.1) is 5.92 Å². The molecule has 2 fully saturated rings. The number of carbonyl (C=O) groups excluding carboxylic acids is 1. The zero-order valence-electron chi connectivity index (χ0n) is 13.4. The highest BCUT2D eigenvalue weighted by Gasteiger charge is 2.23. The van der Waals surface area contributed by atoms with Crippen LogP contribution in [0.2, 0.25) is 0 Å². The first-order valence-electron chi connectivity index (χ1n) is 8.26. The van der Waals surface area contributed by atoms with Crippen LogP contribution in [0.25, 0.3) is 0 Å². The lowest BCUT2D eigenvalue weighted by atomic mass is 10.2. The summed E-state index contributed by atoms with van der Waals surface area (Å²) < 4.78 is 5.80. The standard InChI is InChI=1S/C17H25N3O2.ClH/c21-17(19-9-12-20-10-7-18-8-11-20)15-3-1-2-4-16(15)22-13-14-5-6-14;/h1-4,14,18H,5-13H2,(H,19,21);1H. The number of benzene rings is 1. The molecule has 1 aromatic carbocycles. The summed E-state index contributed by atoms with van der Waals surface area (Å²) in [6.45, 7) is 6.48. The predicted molar refractivity (Wildman–Crippen MR) is 93.6 cm³/mol. The van der Waals surface area contributed by atoms with E-state index in [0.29, 0.717) is 23.8 Å². The summed E-state index contributed by atoms with van der Waals surface area (Å²) in [5.74, 6) is 1.35. The summed E-state index contributed by atoms with van der Waals surface area (Å²) in [5.41, 5.74) is 0.642. The molecule has 0 bridgehead atoms. The molecule has 0 radical (unpaired) electrons. The SMILES string of the molecule is Cl.O=C(NCCN1CCNCC1)c1ccccc1OCC1CC1. The molecule has 1 aromatic rings. The number of carbonyl (C=O) groups is 1. The van der Waals surface area contributed by atoms with Crippen molar-refractivity contribution < 1.29 is 9.53 Å². The molecule has 0 spiro atoms. The monoisotopic (exact) mass is 339 g/mol. The minimum absolute atomic E-state index is 0. The van der Waals surface area contributed by atoms with Gasteiger partial charge in [0.1, 0.15) is 5.75 Å². The first kappa shape index (κ1) is 18.0. The highest BCUT2D eigenvalue weighted by atomic mass is 35.5. The number of hydrogen-bond acceptors (Lipinski definition) is 4. The minimum Gasteiger partial charge on any atom is -0.492 e. The maximum Gasteiger partial charge on any atom is 0.255 e. The van der Waals surface area contributed by atoms with Gasteiger partial charge in [-0.25, -0.2) is 0 Å². The summed E-state index contributed by atoms with van der Waals surface area (Å²) in [7, 11) is 0. The third-order valence-electron chi connectivity index (χ3n) is 4.23. The number of nitrogens with zero attached hydrogens (tertiary/aromatic N) is 1. The van der Waals surface area contributed by atoms with Crippen molar-refractivity contribution in [3.8, 4) is 5.75 Å². The van der Waals surface area contributed by atoms with E-state index in [1.807, 2.05) is 24.3 Å². The van der Waals surface area contributed by atoms with Crippen LogP contribution in [0.1, 0.15) is 23.2 Å². The van der Waals surface area contributed by atoms with Gasteiger partial charge in [0.25, 0.3) is 5.91 Å². The Morgan fingerprint density at radius 3 is 2.74 bits per heavy atom. The van der Waals surface area contributed by atoms with Crippen molar-refractivity contribution >= 4 is 18.3 Å². The summed E-state index contributed by atoms with van der Waals surface area (Å²) >= 11 is 0. The van der Waals surface area contributed by atoms with E-state index in [9.17, 15) is 4.79 Å². The van der Waals surface area contributed by atoms with Gasteiger partial charge < -0.3 is 15.4 Å². The molecule has 0 atom stereocenters. The van der Waals surface area contributed by atoms with Crippen molar-refractivity contribution in [2.75, 3.05) is 45.9 Å². The van der Waals surface area contributed by atoms with Crippen molar-refractivity contribution in [2.45, 2.75) is 12.8 Å². The second-order valence-electron chi connectivity index (χ2n) is 6.10. The van der Waals surface area contributed by atoms with Gasteiger partial charge in [0.05, 0.1) is 12.2 Å². The van der Waals surface area contributed by atoms with Gasteiger partial charge in [-0.15, -0.1) is 12.4 Å². The lowest BCUT2D eigenvalue weighted by Gasteiger charge is -2.27. The van der Waals surface area contributed by atoms with E-state index in [2.05, 4.69) is 15.5 Å². The van der Waals surface area contributed by atoms with Crippen LogP contribution in [-0.2, 0) is 0 Å². The van der Waals surface area contributed by atoms with Crippen LogP contribution >= 0.6 is 12.4 Å². The van der Waals surface area contributed by atoms with Crippen LogP contribution in [-0.4, -0.2) is 56.7 Å². The topological polar surface area (TPSA) is 53.6 Å². The Morgan fingerprint density at radius 1 is 1.26 bits per heavy atom. The van der Waals surface area contributed by atoms with E-state index < -0.39 is 0 Å². The fourth-order valence-electron chi connectivity index (χ4n) is 2.63. The van der Waals surface area contributed by atoms with Gasteiger partial charge in [0, 0.05) is 39.3 Å². The fourth-order valence-corrected chi connectivity index (χ4v) is 2.63. The molecule has 1 saturated heterocycles. The molecule has 0 unspecified atom stereocenters. The Morgan fingerprint density at radius 2 is 2.00 bits per heavy atom. The normalized spacial score (nSPS) is 18.1. The Kier molecular flexibility index (Phi) is 7.15. The molecule has 2 N–H and O–H groups in total. The summed E-state index contributed by atoms with van der Waals surface area (Å²) in [6, 6.07) is 7.52. The van der Waals surface area contributed by atoms with Crippen LogP contribution in [0.4, 0.5) is 0 Å². The number of ether oxygens (including phenoxy) is 1. The van der Waals surface area contributed by atoms with Gasteiger partial charge >= 0.3 is 0 Å². The molecule has 1 heterocycles. The molecule has 23 heavy (non-hydrogen) atoms. The van der Waals surface area contributed by atoms with Crippen molar-refractivity contribution in [3.05, 3.63) is 29.8 Å². The van der Waals surface area contributed by atoms with Gasteiger partial charge in [0.2, 0.25) is 0 Å². The van der Waals surface area contributed by atoms with Crippen LogP contribution in [0.5, 0.6) is 5.75 Å². The molecular weight excluding hydrogens is 314 g/mol. The average Bonchev–Trinajstić information content (AvgIpc) is 3.38. The number of piperazine rings is 1. The van der Waals surface area contributed by atoms with Gasteiger partial charge in [-0.1, -0.05) is 12.1 Å². The minimum atomic E-state index is -0.0402. The number of hydrogen-bond donors (Lipinski definition) is 2. The Balaban J connectivity index is 0.00000192. The molecule has 1 saturated carbocycles. The van der Waals surface area contributed by atoms with E-state index in [4.69, 9.17) is 4.74 Å². The van der Waals surface area contributed by atoms with Crippen LogP contribution in [0.3, 0.4) is 0 Å². The van der Waals surface area contributed by atoms with E-state index >= 15 is 0 Å². The summed E-state index contributed by atoms with van der Waals surface area (Å²) in [4.78, 5) is 14.7. The molecule has 1 aliphatic heterocycles. The van der Waals surface area contributed by atoms with Crippen molar-refractivity contribution in [1.29, 1.82) is 0 Å². The van der Waals surface area contributed by atoms with Crippen molar-refractivity contribution in [1.82, 2.24) is 15.5 Å². The molecule has 0 aromatic heterocycles. The smallest absolute Gasteiger partial charge is 0.255 e. The zero-order valence-corrected chi connectivity index (χ0v) is 14.2. The molecule has 1 aliphatic carbocycles. The molecule has 1 amide bonds. The van der Waals surface area contributed by atoms with Gasteiger partial charge in [-0.2, -0.15) is 0 Å². The Hall–Kier alpha value is -1.30. The molecule has 128 valence electrons. The maximum absolute atomic E-state index is 12.3. The lowest BCUT2D eigenvalue weighted by molar-refractivity contribution is 0.0943. The van der Waals surface area contributed by atoms with E-state index in [1.165, 1.54) is 12.8 Å². The lowest BCUT2D eigenvalue weighted by Crippen LogP contribution is -2.46. The highest BCUT2D eigenvalue weighted by molar-refractivity contribution is 5.96. The first-order chi connectivity index (χ1) is 10.8. The maximum atomic E-state index is 12.3. The third kappa shape index (κ3) is 5.68. The Bertz CT molecular complexity index is 502. The number of halogens is 1. The molecule has 3 rings (SSSR count). The Labute approximate surface area is 144 Å². The number of para-hydroxylation sites is 1. The van der Waals surface area contributed by atoms with Gasteiger partial charge in [0.15, 0.2) is 0 Å². The van der Waals surface area contributed by atoms with Crippen LogP contribution < -0.4 is 15.4 Å². The first-order valence-corrected chi connectivity index (χ1v) is 8.26. The average molecular weight is 340 g/mol. The molecule has 5 nitrogen and oxygen atoms in total. The van der Waals surface area contributed by atoms with Gasteiger partial charge in [-0.05, 0) is 30.9 Å². The second-order valence-corrected chi connectivity index (χ2v) is 6.10. The summed E-state index contributed by atoms with van der Waals surface area (Å²) in [5, 5.41) is 6.34. The number of amides is 1. The summed E-state index contributed by atoms with van der Waals surface area (Å²) in [6.07, 6.45) is 2.50. The quantitative estimate of drug-likeness (QED) is 0.791. The fraction of sp³-hybridized carbons (Fsp3) is 0.588. The van der Waals surface area contributed by atoms with Crippen molar-refractivity contribution in [3.63, 3.8) is 0 Å². The van der Waals surface area contributed by atoms with E-state index in [0.717, 1.165) is 39.3 Å². The zero-order chi connectivity index (χ0) is 15.2. The van der Waals surface area contributed by atoms with Crippen LogP contribution in [0.15, 0.2) is 24.3 Å². The predicted octanol–water partition coefficient (Wildman–Crippen LogP) is 1.53. The molecule has 2 aliphatic rings. The largest absolute Gasteiger partial charge is 0.492 e. The highest BCUT2D eigenvalue weighted by Crippen LogP contribution is 2.30. The van der Waals surface area contributed by atoms with Gasteiger partial charge in [-0.3, -0.25) is 9.69 Å².